The first-order valence-electron chi connectivity index (χ1n) is 28.6. The van der Waals surface area contributed by atoms with E-state index in [1.54, 1.807) is 70.9 Å². The number of alkyl halides is 3. The Kier molecular flexibility index (Phi) is 27.3. The second kappa shape index (κ2) is 35.1. The van der Waals surface area contributed by atoms with Gasteiger partial charge in [-0.2, -0.15) is 13.2 Å². The van der Waals surface area contributed by atoms with Gasteiger partial charge in [0.2, 0.25) is 17.7 Å². The number of anilines is 2. The highest BCUT2D eigenvalue weighted by Gasteiger charge is 2.37. The molecule has 3 N–H and O–H groups in total. The van der Waals surface area contributed by atoms with Crippen molar-refractivity contribution in [3.05, 3.63) is 128 Å². The number of nitrogens with one attached hydrogen (secondary N) is 3. The molecule has 1 atom stereocenters. The standard InChI is InChI=1S/C59H76ClF3N12O9S2/c1-43-65-52(42-85-43)55(56(78)64-39-45-6-11-46(60)12-7-45)75(23-21-59(61,62)63)53(76)19-10-44-8-15-50(16-9-44)83-30-5-4-22-71(2)28-32-81-35-34-80-31-20-48-40-74(70-69-48)29-33-82-36-37-84-51-17-13-47(14-18-51)66-57(79)68-58-67-49(41-86-58)38-54(77)73-26-24-72(3)25-27-73/h6-9,11-18,40-42,55H,4-5,10,19-39H2,1-3H3,(H,64,78)(H2,66,67,68,79). The summed E-state index contributed by atoms with van der Waals surface area (Å²) in [6.07, 6.45) is -1.25. The van der Waals surface area contributed by atoms with Crippen LogP contribution in [0.5, 0.6) is 11.5 Å². The highest BCUT2D eigenvalue weighted by molar-refractivity contribution is 7.14. The fourth-order valence-electron chi connectivity index (χ4n) is 8.83. The van der Waals surface area contributed by atoms with Gasteiger partial charge in [-0.25, -0.2) is 19.4 Å². The highest BCUT2D eigenvalue weighted by atomic mass is 35.5. The molecule has 0 aliphatic carbocycles. The van der Waals surface area contributed by atoms with Gasteiger partial charge in [0.05, 0.1) is 87.7 Å². The molecule has 0 saturated carbocycles. The zero-order chi connectivity index (χ0) is 61.1. The predicted molar refractivity (Wildman–Crippen MR) is 323 cm³/mol. The number of unbranched alkanes of at least 4 members (excludes halogenated alkanes) is 1. The van der Waals surface area contributed by atoms with Crippen LogP contribution in [0, 0.1) is 6.92 Å². The summed E-state index contributed by atoms with van der Waals surface area (Å²) in [4.78, 5) is 68.7. The molecule has 0 bridgehead atoms. The highest BCUT2D eigenvalue weighted by Crippen LogP contribution is 2.29. The lowest BCUT2D eigenvalue weighted by atomic mass is 10.1. The molecule has 4 heterocycles. The number of piperazine rings is 1. The maximum atomic E-state index is 13.8. The van der Waals surface area contributed by atoms with Crippen molar-refractivity contribution in [1.82, 2.24) is 49.9 Å². The second-order valence-corrected chi connectivity index (χ2v) is 22.9. The molecule has 3 aromatic carbocycles. The van der Waals surface area contributed by atoms with Crippen LogP contribution < -0.4 is 25.4 Å². The summed E-state index contributed by atoms with van der Waals surface area (Å²) in [6, 6.07) is 19.3. The molecule has 21 nitrogen and oxygen atoms in total. The Morgan fingerprint density at radius 2 is 1.42 bits per heavy atom. The molecular formula is C59H76ClF3N12O9S2. The lowest BCUT2D eigenvalue weighted by Gasteiger charge is -2.32. The maximum absolute atomic E-state index is 13.8. The molecule has 1 unspecified atom stereocenters. The number of likely N-dealkylation sites (N-methyl/N-ethyl adjacent to an activating group) is 2. The topological polar surface area (TPSA) is 220 Å². The smallest absolute Gasteiger partial charge is 0.390 e. The van der Waals surface area contributed by atoms with Gasteiger partial charge in [0.15, 0.2) is 11.2 Å². The Labute approximate surface area is 512 Å². The molecule has 1 saturated heterocycles. The first-order chi connectivity index (χ1) is 41.5. The number of hydrogen-bond acceptors (Lipinski definition) is 17. The van der Waals surface area contributed by atoms with Gasteiger partial charge in [-0.15, -0.1) is 27.8 Å². The predicted octanol–water partition coefficient (Wildman–Crippen LogP) is 8.35. The summed E-state index contributed by atoms with van der Waals surface area (Å²) in [6.45, 7) is 10.1. The van der Waals surface area contributed by atoms with Crippen molar-refractivity contribution in [2.75, 3.05) is 123 Å². The SMILES string of the molecule is Cc1nc(C(C(=O)NCc2ccc(Cl)cc2)N(CCC(F)(F)F)C(=O)CCc2ccc(OCCCCN(C)CCOCCOCCc3cn(CCOCCOc4ccc(NC(=O)Nc5nc(CC(=O)N6CCN(C)CC6)cs5)cc4)nn3)cc2)cs1. The van der Waals surface area contributed by atoms with Crippen molar-refractivity contribution < 1.29 is 56.0 Å². The minimum absolute atomic E-state index is 0.0381. The van der Waals surface area contributed by atoms with E-state index in [0.29, 0.717) is 117 Å². The van der Waals surface area contributed by atoms with Gasteiger partial charge in [-0.05, 0) is 106 Å². The number of urea groups is 1. The average molecular weight is 1250 g/mol. The van der Waals surface area contributed by atoms with E-state index >= 15 is 0 Å². The van der Waals surface area contributed by atoms with E-state index in [9.17, 15) is 32.3 Å². The monoisotopic (exact) mass is 1250 g/mol. The first-order valence-corrected chi connectivity index (χ1v) is 30.7. The normalized spacial score (nSPS) is 13.2. The van der Waals surface area contributed by atoms with Crippen molar-refractivity contribution in [3.63, 3.8) is 0 Å². The van der Waals surface area contributed by atoms with Crippen molar-refractivity contribution in [3.8, 4) is 11.5 Å². The molecule has 3 aromatic heterocycles. The van der Waals surface area contributed by atoms with Crippen LogP contribution in [0.3, 0.4) is 0 Å². The lowest BCUT2D eigenvalue weighted by Crippen LogP contribution is -2.47. The number of benzene rings is 3. The molecule has 27 heteroatoms. The van der Waals surface area contributed by atoms with Gasteiger partial charge in [0.1, 0.15) is 18.1 Å². The number of amides is 5. The molecule has 5 amide bonds. The number of nitrogens with zero attached hydrogens (tertiary/aromatic N) is 9. The summed E-state index contributed by atoms with van der Waals surface area (Å²) in [5, 5.41) is 21.6. The van der Waals surface area contributed by atoms with E-state index in [1.165, 1.54) is 22.7 Å². The van der Waals surface area contributed by atoms with E-state index in [2.05, 4.69) is 46.0 Å². The Bertz CT molecular complexity index is 3000. The Morgan fingerprint density at radius 1 is 0.733 bits per heavy atom. The number of halogens is 4. The fraction of sp³-hybridized carbons (Fsp3) is 0.492. The Balaban J connectivity index is 0.671. The van der Waals surface area contributed by atoms with Crippen LogP contribution in [-0.4, -0.2) is 187 Å². The van der Waals surface area contributed by atoms with Crippen molar-refractivity contribution in [1.29, 1.82) is 0 Å². The molecule has 1 aliphatic heterocycles. The number of thiazole rings is 2. The summed E-state index contributed by atoms with van der Waals surface area (Å²) in [5.41, 5.74) is 3.77. The van der Waals surface area contributed by atoms with Gasteiger partial charge >= 0.3 is 12.2 Å². The van der Waals surface area contributed by atoms with Gasteiger partial charge < -0.3 is 53.9 Å². The largest absolute Gasteiger partial charge is 0.494 e. The zero-order valence-corrected chi connectivity index (χ0v) is 51.1. The quantitative estimate of drug-likeness (QED) is 0.0315. The van der Waals surface area contributed by atoms with Crippen molar-refractivity contribution in [2.24, 2.45) is 0 Å². The van der Waals surface area contributed by atoms with Crippen LogP contribution in [0.4, 0.5) is 28.8 Å². The van der Waals surface area contributed by atoms with Crippen LogP contribution in [0.25, 0.3) is 0 Å². The van der Waals surface area contributed by atoms with Crippen LogP contribution >= 0.6 is 34.3 Å². The molecule has 86 heavy (non-hydrogen) atoms. The molecule has 7 rings (SSSR count). The average Bonchev–Trinajstić information content (AvgIpc) is 4.13. The summed E-state index contributed by atoms with van der Waals surface area (Å²) in [7, 11) is 4.09. The van der Waals surface area contributed by atoms with Crippen LogP contribution in [-0.2, 0) is 60.9 Å². The fourth-order valence-corrected chi connectivity index (χ4v) is 10.3. The van der Waals surface area contributed by atoms with Crippen LogP contribution in [0.15, 0.2) is 89.8 Å². The molecule has 0 spiro atoms. The summed E-state index contributed by atoms with van der Waals surface area (Å²) >= 11 is 8.51. The van der Waals surface area contributed by atoms with Crippen molar-refractivity contribution in [2.45, 2.75) is 77.2 Å². The molecular weight excluding hydrogens is 1180 g/mol. The van der Waals surface area contributed by atoms with Gasteiger partial charge in [-0.1, -0.05) is 41.1 Å². The maximum Gasteiger partial charge on any atom is 0.390 e. The molecule has 6 aromatic rings. The summed E-state index contributed by atoms with van der Waals surface area (Å²) < 4.78 is 71.4. The number of aromatic nitrogens is 5. The van der Waals surface area contributed by atoms with E-state index in [1.807, 2.05) is 49.5 Å². The molecule has 0 radical (unpaired) electrons. The third-order valence-electron chi connectivity index (χ3n) is 13.7. The number of aryl methyl sites for hydroxylation is 2. The zero-order valence-electron chi connectivity index (χ0n) is 48.7. The first kappa shape index (κ1) is 66.7. The van der Waals surface area contributed by atoms with Gasteiger partial charge in [0, 0.05) is 86.3 Å². The third-order valence-corrected chi connectivity index (χ3v) is 15.5. The number of rotatable bonds is 36. The Hall–Kier alpha value is -6.78. The van der Waals surface area contributed by atoms with Gasteiger partial charge in [-0.3, -0.25) is 19.7 Å². The molecule has 466 valence electrons. The van der Waals surface area contributed by atoms with Gasteiger partial charge in [0.25, 0.3) is 0 Å². The minimum atomic E-state index is -4.55. The number of ether oxygens (including phenoxy) is 5. The molecule has 1 aliphatic rings. The third kappa shape index (κ3) is 24.2. The summed E-state index contributed by atoms with van der Waals surface area (Å²) in [5.74, 6) is 0.111. The Morgan fingerprint density at radius 3 is 2.14 bits per heavy atom. The van der Waals surface area contributed by atoms with E-state index < -0.39 is 43.0 Å². The van der Waals surface area contributed by atoms with Crippen molar-refractivity contribution >= 4 is 68.8 Å². The minimum Gasteiger partial charge on any atom is -0.494 e. The van der Waals surface area contributed by atoms with E-state index in [0.717, 1.165) is 60.7 Å². The molecule has 1 fully saturated rings. The lowest BCUT2D eigenvalue weighted by molar-refractivity contribution is -0.152. The van der Waals surface area contributed by atoms with Crippen LogP contribution in [0.1, 0.15) is 64.9 Å². The van der Waals surface area contributed by atoms with E-state index in [4.69, 9.17) is 35.3 Å². The second-order valence-electron chi connectivity index (χ2n) is 20.5. The number of hydrogen-bond donors (Lipinski definition) is 3. The number of carbonyl (C=O) groups is 4. The van der Waals surface area contributed by atoms with Crippen LogP contribution in [0.2, 0.25) is 5.02 Å². The number of carbonyl (C=O) groups excluding carboxylic acids is 4. The van der Waals surface area contributed by atoms with E-state index in [-0.39, 0.29) is 37.4 Å².